The second-order valence-electron chi connectivity index (χ2n) is 5.47. The summed E-state index contributed by atoms with van der Waals surface area (Å²) in [5.74, 6) is 2.87. The Morgan fingerprint density at radius 3 is 2.17 bits per heavy atom. The van der Waals surface area contributed by atoms with Gasteiger partial charge >= 0.3 is 0 Å². The minimum atomic E-state index is 0.656. The fourth-order valence-electron chi connectivity index (χ4n) is 2.19. The summed E-state index contributed by atoms with van der Waals surface area (Å²) in [5, 5.41) is 14.8. The molecule has 0 amide bonds. The van der Waals surface area contributed by atoms with Crippen LogP contribution in [0.4, 0.5) is 5.82 Å². The first-order chi connectivity index (χ1) is 8.54. The zero-order chi connectivity index (χ0) is 13.5. The SMILES string of the molecule is CNCc1ccc(NCC(C(C)C)C(C)C)nn1. The molecule has 1 heterocycles. The molecule has 0 bridgehead atoms. The van der Waals surface area contributed by atoms with Gasteiger partial charge in [-0.2, -0.15) is 5.10 Å². The largest absolute Gasteiger partial charge is 0.368 e. The summed E-state index contributed by atoms with van der Waals surface area (Å²) in [6.07, 6.45) is 0. The molecule has 4 heteroatoms. The number of nitrogens with one attached hydrogen (secondary N) is 2. The first kappa shape index (κ1) is 14.9. The third kappa shape index (κ3) is 4.61. The molecule has 0 aliphatic rings. The van der Waals surface area contributed by atoms with Gasteiger partial charge in [0.15, 0.2) is 0 Å². The van der Waals surface area contributed by atoms with E-state index in [1.165, 1.54) is 0 Å². The van der Waals surface area contributed by atoms with E-state index in [0.29, 0.717) is 17.8 Å². The fraction of sp³-hybridized carbons (Fsp3) is 0.714. The lowest BCUT2D eigenvalue weighted by Crippen LogP contribution is -2.25. The van der Waals surface area contributed by atoms with Crippen molar-refractivity contribution in [2.45, 2.75) is 34.2 Å². The highest BCUT2D eigenvalue weighted by atomic mass is 15.2. The summed E-state index contributed by atoms with van der Waals surface area (Å²) in [7, 11) is 1.91. The van der Waals surface area contributed by atoms with Crippen molar-refractivity contribution in [3.63, 3.8) is 0 Å². The van der Waals surface area contributed by atoms with Crippen LogP contribution in [0.3, 0.4) is 0 Å². The zero-order valence-electron chi connectivity index (χ0n) is 12.2. The molecule has 0 unspecified atom stereocenters. The van der Waals surface area contributed by atoms with Crippen molar-refractivity contribution in [3.8, 4) is 0 Å². The summed E-state index contributed by atoms with van der Waals surface area (Å²) >= 11 is 0. The van der Waals surface area contributed by atoms with E-state index in [2.05, 4.69) is 48.5 Å². The number of anilines is 1. The highest BCUT2D eigenvalue weighted by Crippen LogP contribution is 2.20. The van der Waals surface area contributed by atoms with Crippen LogP contribution in [-0.4, -0.2) is 23.8 Å². The Bertz CT molecular complexity index is 324. The second-order valence-corrected chi connectivity index (χ2v) is 5.47. The first-order valence-electron chi connectivity index (χ1n) is 6.75. The molecule has 0 fully saturated rings. The van der Waals surface area contributed by atoms with E-state index in [4.69, 9.17) is 0 Å². The lowest BCUT2D eigenvalue weighted by molar-refractivity contribution is 0.304. The van der Waals surface area contributed by atoms with Crippen LogP contribution < -0.4 is 10.6 Å². The normalized spacial score (nSPS) is 11.6. The van der Waals surface area contributed by atoms with E-state index in [0.717, 1.165) is 24.6 Å². The van der Waals surface area contributed by atoms with Crippen LogP contribution >= 0.6 is 0 Å². The van der Waals surface area contributed by atoms with Crippen LogP contribution in [0.5, 0.6) is 0 Å². The van der Waals surface area contributed by atoms with E-state index < -0.39 is 0 Å². The predicted octanol–water partition coefficient (Wildman–Crippen LogP) is 2.54. The summed E-state index contributed by atoms with van der Waals surface area (Å²) in [5.41, 5.74) is 0.965. The van der Waals surface area contributed by atoms with E-state index in [1.807, 2.05) is 19.2 Å². The fourth-order valence-corrected chi connectivity index (χ4v) is 2.19. The Morgan fingerprint density at radius 1 is 1.06 bits per heavy atom. The van der Waals surface area contributed by atoms with Gasteiger partial charge in [-0.3, -0.25) is 0 Å². The Hall–Kier alpha value is -1.16. The molecular formula is C14H26N4. The van der Waals surface area contributed by atoms with E-state index >= 15 is 0 Å². The van der Waals surface area contributed by atoms with Gasteiger partial charge < -0.3 is 10.6 Å². The van der Waals surface area contributed by atoms with Crippen LogP contribution in [0.15, 0.2) is 12.1 Å². The molecule has 1 rings (SSSR count). The molecule has 0 radical (unpaired) electrons. The van der Waals surface area contributed by atoms with Crippen LogP contribution in [0.2, 0.25) is 0 Å². The van der Waals surface area contributed by atoms with Gasteiger partial charge in [0.25, 0.3) is 0 Å². The molecule has 0 saturated heterocycles. The number of hydrogen-bond acceptors (Lipinski definition) is 4. The molecule has 0 aliphatic heterocycles. The van der Waals surface area contributed by atoms with Crippen molar-refractivity contribution >= 4 is 5.82 Å². The van der Waals surface area contributed by atoms with Crippen molar-refractivity contribution in [3.05, 3.63) is 17.8 Å². The van der Waals surface area contributed by atoms with Crippen LogP contribution in [-0.2, 0) is 6.54 Å². The summed E-state index contributed by atoms with van der Waals surface area (Å²) < 4.78 is 0. The maximum Gasteiger partial charge on any atom is 0.148 e. The molecule has 102 valence electrons. The smallest absolute Gasteiger partial charge is 0.148 e. The maximum atomic E-state index is 4.19. The van der Waals surface area contributed by atoms with Gasteiger partial charge in [-0.05, 0) is 36.9 Å². The molecule has 4 nitrogen and oxygen atoms in total. The van der Waals surface area contributed by atoms with Crippen LogP contribution in [0.1, 0.15) is 33.4 Å². The van der Waals surface area contributed by atoms with Crippen molar-refractivity contribution in [1.82, 2.24) is 15.5 Å². The van der Waals surface area contributed by atoms with Crippen molar-refractivity contribution in [1.29, 1.82) is 0 Å². The zero-order valence-corrected chi connectivity index (χ0v) is 12.2. The molecule has 0 atom stereocenters. The number of rotatable bonds is 7. The van der Waals surface area contributed by atoms with Gasteiger partial charge in [0.1, 0.15) is 5.82 Å². The van der Waals surface area contributed by atoms with Crippen molar-refractivity contribution < 1.29 is 0 Å². The number of hydrogen-bond donors (Lipinski definition) is 2. The quantitative estimate of drug-likeness (QED) is 0.781. The molecule has 18 heavy (non-hydrogen) atoms. The summed E-state index contributed by atoms with van der Waals surface area (Å²) in [6, 6.07) is 4.00. The average Bonchev–Trinajstić information content (AvgIpc) is 2.31. The van der Waals surface area contributed by atoms with Gasteiger partial charge in [0, 0.05) is 13.1 Å². The predicted molar refractivity (Wildman–Crippen MR) is 76.5 cm³/mol. The summed E-state index contributed by atoms with van der Waals surface area (Å²) in [6.45, 7) is 10.8. The summed E-state index contributed by atoms with van der Waals surface area (Å²) in [4.78, 5) is 0. The minimum absolute atomic E-state index is 0.656. The van der Waals surface area contributed by atoms with Gasteiger partial charge in [-0.1, -0.05) is 27.7 Å². The van der Waals surface area contributed by atoms with E-state index in [9.17, 15) is 0 Å². The number of aromatic nitrogens is 2. The minimum Gasteiger partial charge on any atom is -0.368 e. The number of nitrogens with zero attached hydrogens (tertiary/aromatic N) is 2. The Labute approximate surface area is 111 Å². The lowest BCUT2D eigenvalue weighted by atomic mass is 9.85. The van der Waals surface area contributed by atoms with Gasteiger partial charge in [0.2, 0.25) is 0 Å². The van der Waals surface area contributed by atoms with Crippen LogP contribution in [0.25, 0.3) is 0 Å². The third-order valence-electron chi connectivity index (χ3n) is 3.31. The monoisotopic (exact) mass is 250 g/mol. The lowest BCUT2D eigenvalue weighted by Gasteiger charge is -2.25. The molecule has 0 spiro atoms. The van der Waals surface area contributed by atoms with E-state index in [1.54, 1.807) is 0 Å². The van der Waals surface area contributed by atoms with Gasteiger partial charge in [0.05, 0.1) is 5.69 Å². The van der Waals surface area contributed by atoms with E-state index in [-0.39, 0.29) is 0 Å². The maximum absolute atomic E-state index is 4.19. The van der Waals surface area contributed by atoms with Gasteiger partial charge in [-0.15, -0.1) is 5.10 Å². The topological polar surface area (TPSA) is 49.8 Å². The van der Waals surface area contributed by atoms with Crippen molar-refractivity contribution in [2.24, 2.45) is 17.8 Å². The average molecular weight is 250 g/mol. The molecule has 1 aromatic heterocycles. The highest BCUT2D eigenvalue weighted by molar-refractivity contribution is 5.32. The second kappa shape index (κ2) is 7.31. The molecule has 0 saturated carbocycles. The standard InChI is InChI=1S/C14H26N4/c1-10(2)13(11(3)4)9-16-14-7-6-12(8-15-5)17-18-14/h6-7,10-11,13,15H,8-9H2,1-5H3,(H,16,18). The Kier molecular flexibility index (Phi) is 6.05. The molecule has 0 aliphatic carbocycles. The molecular weight excluding hydrogens is 224 g/mol. The Balaban J connectivity index is 2.51. The first-order valence-corrected chi connectivity index (χ1v) is 6.75. The highest BCUT2D eigenvalue weighted by Gasteiger charge is 2.17. The Morgan fingerprint density at radius 2 is 1.72 bits per heavy atom. The van der Waals surface area contributed by atoms with Crippen LogP contribution in [0, 0.1) is 17.8 Å². The van der Waals surface area contributed by atoms with Gasteiger partial charge in [-0.25, -0.2) is 0 Å². The third-order valence-corrected chi connectivity index (χ3v) is 3.31. The van der Waals surface area contributed by atoms with Crippen molar-refractivity contribution in [2.75, 3.05) is 18.9 Å². The molecule has 1 aromatic rings. The molecule has 2 N–H and O–H groups in total. The molecule has 0 aromatic carbocycles.